The number of hydrogen-bond donors (Lipinski definition) is 0. The van der Waals surface area contributed by atoms with Gasteiger partial charge in [-0.15, -0.1) is 0 Å². The van der Waals surface area contributed by atoms with Crippen molar-refractivity contribution >= 4 is 16.9 Å². The molecule has 0 atom stereocenters. The van der Waals surface area contributed by atoms with Crippen LogP contribution in [0.15, 0.2) is 72.9 Å². The first-order valence-corrected chi connectivity index (χ1v) is 9.28. The number of imidazole rings is 1. The second-order valence-corrected chi connectivity index (χ2v) is 6.96. The van der Waals surface area contributed by atoms with Crippen molar-refractivity contribution in [3.8, 4) is 0 Å². The summed E-state index contributed by atoms with van der Waals surface area (Å²) >= 11 is 0. The molecule has 0 aliphatic heterocycles. The van der Waals surface area contributed by atoms with Crippen LogP contribution in [0, 0.1) is 6.92 Å². The number of fused-ring (bicyclic) bond motifs is 1. The lowest BCUT2D eigenvalue weighted by molar-refractivity contribution is 0.0774. The molecular formula is C23H22N4O. The summed E-state index contributed by atoms with van der Waals surface area (Å²) in [5.41, 5.74) is 4.88. The van der Waals surface area contributed by atoms with Gasteiger partial charge in [-0.05, 0) is 36.8 Å². The molecule has 2 heterocycles. The van der Waals surface area contributed by atoms with E-state index in [1.807, 2.05) is 24.3 Å². The summed E-state index contributed by atoms with van der Waals surface area (Å²) in [4.78, 5) is 23.3. The lowest BCUT2D eigenvalue weighted by Gasteiger charge is -2.18. The Morgan fingerprint density at radius 3 is 2.50 bits per heavy atom. The van der Waals surface area contributed by atoms with Crippen LogP contribution in [0.3, 0.4) is 0 Å². The molecular weight excluding hydrogens is 348 g/mol. The maximum Gasteiger partial charge on any atom is 0.272 e. The van der Waals surface area contributed by atoms with Gasteiger partial charge in [-0.1, -0.05) is 48.0 Å². The van der Waals surface area contributed by atoms with Crippen LogP contribution in [0.4, 0.5) is 0 Å². The number of amides is 1. The van der Waals surface area contributed by atoms with Crippen LogP contribution in [0.5, 0.6) is 0 Å². The Morgan fingerprint density at radius 1 is 1.00 bits per heavy atom. The van der Waals surface area contributed by atoms with E-state index in [1.54, 1.807) is 30.3 Å². The Kier molecular flexibility index (Phi) is 4.89. The van der Waals surface area contributed by atoms with E-state index in [-0.39, 0.29) is 5.91 Å². The normalized spacial score (nSPS) is 10.9. The smallest absolute Gasteiger partial charge is 0.272 e. The first-order valence-electron chi connectivity index (χ1n) is 9.28. The minimum Gasteiger partial charge on any atom is -0.333 e. The molecule has 4 aromatic rings. The third-order valence-electron chi connectivity index (χ3n) is 4.80. The first kappa shape index (κ1) is 17.9. The van der Waals surface area contributed by atoms with Crippen LogP contribution in [0.1, 0.15) is 27.4 Å². The Hall–Kier alpha value is -3.47. The standard InChI is InChI=1S/C23H22N4O/c1-17-10-12-18(13-11-17)15-27-21-9-4-3-7-19(21)25-22(27)16-26(2)23(28)20-8-5-6-14-24-20/h3-14H,15-16H2,1-2H3. The van der Waals surface area contributed by atoms with Crippen LogP contribution in [0.25, 0.3) is 11.0 Å². The lowest BCUT2D eigenvalue weighted by Crippen LogP contribution is -2.28. The van der Waals surface area contributed by atoms with Gasteiger partial charge in [-0.25, -0.2) is 4.98 Å². The van der Waals surface area contributed by atoms with Gasteiger partial charge in [0.05, 0.1) is 17.6 Å². The number of carbonyl (C=O) groups is 1. The topological polar surface area (TPSA) is 51.0 Å². The van der Waals surface area contributed by atoms with Gasteiger partial charge < -0.3 is 9.47 Å². The van der Waals surface area contributed by atoms with E-state index in [0.29, 0.717) is 18.8 Å². The van der Waals surface area contributed by atoms with E-state index >= 15 is 0 Å². The second kappa shape index (κ2) is 7.64. The molecule has 1 amide bonds. The molecule has 0 spiro atoms. The molecule has 5 nitrogen and oxygen atoms in total. The average molecular weight is 370 g/mol. The number of rotatable bonds is 5. The van der Waals surface area contributed by atoms with E-state index in [0.717, 1.165) is 16.9 Å². The van der Waals surface area contributed by atoms with Gasteiger partial charge in [0.2, 0.25) is 0 Å². The number of pyridine rings is 1. The van der Waals surface area contributed by atoms with Crippen LogP contribution < -0.4 is 0 Å². The Labute approximate surface area is 164 Å². The molecule has 0 N–H and O–H groups in total. The minimum absolute atomic E-state index is 0.116. The molecule has 0 aliphatic rings. The van der Waals surface area contributed by atoms with E-state index in [2.05, 4.69) is 46.8 Å². The summed E-state index contributed by atoms with van der Waals surface area (Å²) in [6, 6.07) is 21.9. The molecule has 0 bridgehead atoms. The van der Waals surface area contributed by atoms with Crippen LogP contribution in [-0.4, -0.2) is 32.4 Å². The molecule has 2 aromatic heterocycles. The SMILES string of the molecule is Cc1ccc(Cn2c(CN(C)C(=O)c3ccccn3)nc3ccccc32)cc1. The highest BCUT2D eigenvalue weighted by Crippen LogP contribution is 2.19. The molecule has 2 aromatic carbocycles. The van der Waals surface area contributed by atoms with Gasteiger partial charge >= 0.3 is 0 Å². The monoisotopic (exact) mass is 370 g/mol. The summed E-state index contributed by atoms with van der Waals surface area (Å²) in [5.74, 6) is 0.739. The fourth-order valence-corrected chi connectivity index (χ4v) is 3.27. The molecule has 4 rings (SSSR count). The number of benzene rings is 2. The summed E-state index contributed by atoms with van der Waals surface area (Å²) in [7, 11) is 1.78. The van der Waals surface area contributed by atoms with Gasteiger partial charge in [-0.3, -0.25) is 9.78 Å². The van der Waals surface area contributed by atoms with Crippen molar-refractivity contribution in [2.45, 2.75) is 20.0 Å². The quantitative estimate of drug-likeness (QED) is 0.532. The number of carbonyl (C=O) groups excluding carboxylic acids is 1. The van der Waals surface area contributed by atoms with Gasteiger partial charge in [0.1, 0.15) is 11.5 Å². The summed E-state index contributed by atoms with van der Waals surface area (Å²) in [6.45, 7) is 3.21. The van der Waals surface area contributed by atoms with E-state index < -0.39 is 0 Å². The molecule has 28 heavy (non-hydrogen) atoms. The van der Waals surface area contributed by atoms with E-state index in [4.69, 9.17) is 4.98 Å². The van der Waals surface area contributed by atoms with E-state index in [9.17, 15) is 4.79 Å². The molecule has 0 unspecified atom stereocenters. The number of aromatic nitrogens is 3. The fraction of sp³-hybridized carbons (Fsp3) is 0.174. The predicted octanol–water partition coefficient (Wildman–Crippen LogP) is 4.06. The highest BCUT2D eigenvalue weighted by molar-refractivity contribution is 5.92. The van der Waals surface area contributed by atoms with Crippen molar-refractivity contribution in [2.75, 3.05) is 7.05 Å². The predicted molar refractivity (Wildman–Crippen MR) is 110 cm³/mol. The van der Waals surface area contributed by atoms with Crippen molar-refractivity contribution in [2.24, 2.45) is 0 Å². The lowest BCUT2D eigenvalue weighted by atomic mass is 10.1. The number of aryl methyl sites for hydroxylation is 1. The van der Waals surface area contributed by atoms with Crippen molar-refractivity contribution in [1.82, 2.24) is 19.4 Å². The zero-order chi connectivity index (χ0) is 19.5. The number of hydrogen-bond acceptors (Lipinski definition) is 3. The van der Waals surface area contributed by atoms with Gasteiger partial charge in [-0.2, -0.15) is 0 Å². The Balaban J connectivity index is 1.66. The van der Waals surface area contributed by atoms with Crippen molar-refractivity contribution in [3.05, 3.63) is 95.6 Å². The largest absolute Gasteiger partial charge is 0.333 e. The molecule has 0 radical (unpaired) electrons. The van der Waals surface area contributed by atoms with Crippen molar-refractivity contribution in [3.63, 3.8) is 0 Å². The van der Waals surface area contributed by atoms with Gasteiger partial charge in [0.15, 0.2) is 0 Å². The molecule has 140 valence electrons. The fourth-order valence-electron chi connectivity index (χ4n) is 3.27. The molecule has 0 fully saturated rings. The highest BCUT2D eigenvalue weighted by atomic mass is 16.2. The maximum absolute atomic E-state index is 12.7. The molecule has 5 heteroatoms. The zero-order valence-corrected chi connectivity index (χ0v) is 16.0. The molecule has 0 aliphatic carbocycles. The van der Waals surface area contributed by atoms with E-state index in [1.165, 1.54) is 11.1 Å². The van der Waals surface area contributed by atoms with Crippen molar-refractivity contribution in [1.29, 1.82) is 0 Å². The first-order chi connectivity index (χ1) is 13.6. The van der Waals surface area contributed by atoms with Crippen LogP contribution in [0.2, 0.25) is 0 Å². The van der Waals surface area contributed by atoms with Crippen LogP contribution >= 0.6 is 0 Å². The number of nitrogens with zero attached hydrogens (tertiary/aromatic N) is 4. The maximum atomic E-state index is 12.7. The van der Waals surface area contributed by atoms with Gasteiger partial charge in [0, 0.05) is 19.8 Å². The summed E-state index contributed by atoms with van der Waals surface area (Å²) in [6.07, 6.45) is 1.63. The summed E-state index contributed by atoms with van der Waals surface area (Å²) in [5, 5.41) is 0. The third kappa shape index (κ3) is 3.64. The van der Waals surface area contributed by atoms with Gasteiger partial charge in [0.25, 0.3) is 5.91 Å². The third-order valence-corrected chi connectivity index (χ3v) is 4.80. The Morgan fingerprint density at radius 2 is 1.75 bits per heavy atom. The molecule has 0 saturated carbocycles. The van der Waals surface area contributed by atoms with Crippen molar-refractivity contribution < 1.29 is 4.79 Å². The zero-order valence-electron chi connectivity index (χ0n) is 16.0. The highest BCUT2D eigenvalue weighted by Gasteiger charge is 2.17. The Bertz CT molecular complexity index is 1100. The van der Waals surface area contributed by atoms with Crippen LogP contribution in [-0.2, 0) is 13.1 Å². The minimum atomic E-state index is -0.116. The average Bonchev–Trinajstić information content (AvgIpc) is 3.06. The summed E-state index contributed by atoms with van der Waals surface area (Å²) < 4.78 is 2.18. The number of para-hydroxylation sites is 2. The second-order valence-electron chi connectivity index (χ2n) is 6.96. The molecule has 0 saturated heterocycles.